The molecule has 0 aromatic rings. The second-order valence-corrected chi connectivity index (χ2v) is 18.1. The van der Waals surface area contributed by atoms with Crippen LogP contribution in [0.4, 0.5) is 0 Å². The van der Waals surface area contributed by atoms with E-state index in [1.165, 1.54) is 193 Å². The van der Waals surface area contributed by atoms with Gasteiger partial charge in [0.1, 0.15) is 13.2 Å². The van der Waals surface area contributed by atoms with E-state index in [9.17, 15) is 14.4 Å². The summed E-state index contributed by atoms with van der Waals surface area (Å²) in [6.07, 6.45) is 57.6. The molecule has 0 bridgehead atoms. The lowest BCUT2D eigenvalue weighted by molar-refractivity contribution is -0.167. The van der Waals surface area contributed by atoms with Crippen molar-refractivity contribution < 1.29 is 28.6 Å². The monoisotopic (exact) mass is 859 g/mol. The molecule has 0 aliphatic heterocycles. The molecule has 0 rings (SSSR count). The third-order valence-corrected chi connectivity index (χ3v) is 11.9. The Balaban J connectivity index is 4.17. The van der Waals surface area contributed by atoms with Crippen LogP contribution >= 0.6 is 0 Å². The number of carbonyl (C=O) groups is 3. The number of ether oxygens (including phenoxy) is 3. The Kier molecular flexibility index (Phi) is 48.8. The summed E-state index contributed by atoms with van der Waals surface area (Å²) in [6, 6.07) is 0. The van der Waals surface area contributed by atoms with Gasteiger partial charge in [-0.2, -0.15) is 0 Å². The molecule has 358 valence electrons. The van der Waals surface area contributed by atoms with Gasteiger partial charge in [0.05, 0.1) is 0 Å². The molecule has 0 spiro atoms. The number of rotatable bonds is 49. The molecule has 0 saturated heterocycles. The lowest BCUT2D eigenvalue weighted by Crippen LogP contribution is -2.30. The fourth-order valence-corrected chi connectivity index (χ4v) is 7.84. The summed E-state index contributed by atoms with van der Waals surface area (Å²) in [7, 11) is 0. The van der Waals surface area contributed by atoms with Crippen LogP contribution in [0.1, 0.15) is 290 Å². The van der Waals surface area contributed by atoms with Gasteiger partial charge in [-0.15, -0.1) is 0 Å². The molecule has 0 aromatic carbocycles. The van der Waals surface area contributed by atoms with E-state index in [0.717, 1.165) is 57.8 Å². The maximum atomic E-state index is 12.8. The predicted molar refractivity (Wildman–Crippen MR) is 261 cm³/mol. The van der Waals surface area contributed by atoms with Crippen molar-refractivity contribution in [2.45, 2.75) is 297 Å². The third-order valence-electron chi connectivity index (χ3n) is 11.9. The van der Waals surface area contributed by atoms with Gasteiger partial charge in [0, 0.05) is 19.3 Å². The van der Waals surface area contributed by atoms with Crippen molar-refractivity contribution in [2.75, 3.05) is 13.2 Å². The second kappa shape index (κ2) is 50.5. The summed E-state index contributed by atoms with van der Waals surface area (Å²) in [6.45, 7) is 6.60. The molecular formula is C55H102O6. The Morgan fingerprint density at radius 2 is 0.541 bits per heavy atom. The minimum Gasteiger partial charge on any atom is -0.462 e. The highest BCUT2D eigenvalue weighted by molar-refractivity contribution is 5.71. The summed E-state index contributed by atoms with van der Waals surface area (Å²) < 4.78 is 16.7. The smallest absolute Gasteiger partial charge is 0.306 e. The van der Waals surface area contributed by atoms with E-state index in [0.29, 0.717) is 19.3 Å². The minimum atomic E-state index is -0.768. The molecule has 0 aliphatic rings. The molecule has 0 amide bonds. The van der Waals surface area contributed by atoms with Crippen LogP contribution in [0.2, 0.25) is 0 Å². The molecule has 0 aliphatic carbocycles. The van der Waals surface area contributed by atoms with E-state index in [1.54, 1.807) is 0 Å². The Morgan fingerprint density at radius 3 is 0.820 bits per heavy atom. The normalized spacial score (nSPS) is 12.1. The van der Waals surface area contributed by atoms with Crippen LogP contribution in [-0.4, -0.2) is 37.2 Å². The van der Waals surface area contributed by atoms with Gasteiger partial charge in [-0.1, -0.05) is 225 Å². The number of allylic oxidation sites excluding steroid dienone is 4. The van der Waals surface area contributed by atoms with Crippen LogP contribution in [0.3, 0.4) is 0 Å². The van der Waals surface area contributed by atoms with E-state index in [2.05, 4.69) is 45.1 Å². The highest BCUT2D eigenvalue weighted by Gasteiger charge is 2.19. The van der Waals surface area contributed by atoms with Gasteiger partial charge in [0.2, 0.25) is 0 Å². The zero-order valence-electron chi connectivity index (χ0n) is 40.9. The highest BCUT2D eigenvalue weighted by Crippen LogP contribution is 2.15. The SMILES string of the molecule is CCCCCCCC/C=C\CCCCCCCCCCCC(=O)OCC(COC(=O)CCCCCCCC)OC(=O)CCCCCCCCC/C=C\CCCCCCCCC. The maximum absolute atomic E-state index is 12.8. The van der Waals surface area contributed by atoms with Gasteiger partial charge >= 0.3 is 17.9 Å². The number of carbonyl (C=O) groups excluding carboxylic acids is 3. The largest absolute Gasteiger partial charge is 0.462 e. The van der Waals surface area contributed by atoms with E-state index in [-0.39, 0.29) is 31.1 Å². The van der Waals surface area contributed by atoms with Crippen LogP contribution in [0.15, 0.2) is 24.3 Å². The molecule has 0 N–H and O–H groups in total. The van der Waals surface area contributed by atoms with E-state index < -0.39 is 6.10 Å². The van der Waals surface area contributed by atoms with Gasteiger partial charge in [-0.05, 0) is 70.6 Å². The first kappa shape index (κ1) is 58.9. The van der Waals surface area contributed by atoms with Crippen molar-refractivity contribution in [1.29, 1.82) is 0 Å². The summed E-state index contributed by atoms with van der Waals surface area (Å²) >= 11 is 0. The van der Waals surface area contributed by atoms with Gasteiger partial charge in [0.25, 0.3) is 0 Å². The minimum absolute atomic E-state index is 0.0713. The number of hydrogen-bond acceptors (Lipinski definition) is 6. The molecule has 6 nitrogen and oxygen atoms in total. The molecule has 0 fully saturated rings. The lowest BCUT2D eigenvalue weighted by Gasteiger charge is -2.18. The molecule has 61 heavy (non-hydrogen) atoms. The van der Waals surface area contributed by atoms with Gasteiger partial charge < -0.3 is 14.2 Å². The number of hydrogen-bond donors (Lipinski definition) is 0. The quantitative estimate of drug-likeness (QED) is 0.0262. The zero-order valence-corrected chi connectivity index (χ0v) is 40.9. The summed E-state index contributed by atoms with van der Waals surface area (Å²) in [5, 5.41) is 0. The van der Waals surface area contributed by atoms with Gasteiger partial charge in [-0.25, -0.2) is 0 Å². The maximum Gasteiger partial charge on any atom is 0.306 e. The van der Waals surface area contributed by atoms with Crippen molar-refractivity contribution in [3.8, 4) is 0 Å². The Labute approximate surface area is 379 Å². The Hall–Kier alpha value is -2.11. The van der Waals surface area contributed by atoms with Crippen LogP contribution in [0.5, 0.6) is 0 Å². The van der Waals surface area contributed by atoms with Crippen molar-refractivity contribution in [3.05, 3.63) is 24.3 Å². The lowest BCUT2D eigenvalue weighted by atomic mass is 10.1. The molecular weight excluding hydrogens is 757 g/mol. The second-order valence-electron chi connectivity index (χ2n) is 18.1. The molecule has 1 unspecified atom stereocenters. The zero-order chi connectivity index (χ0) is 44.4. The summed E-state index contributed by atoms with van der Waals surface area (Å²) in [5.74, 6) is -0.874. The molecule has 0 radical (unpaired) electrons. The molecule has 0 aromatic heterocycles. The van der Waals surface area contributed by atoms with Crippen LogP contribution in [0, 0.1) is 0 Å². The van der Waals surface area contributed by atoms with Crippen molar-refractivity contribution in [1.82, 2.24) is 0 Å². The fourth-order valence-electron chi connectivity index (χ4n) is 7.84. The van der Waals surface area contributed by atoms with Crippen molar-refractivity contribution >= 4 is 17.9 Å². The third kappa shape index (κ3) is 48.8. The first-order chi connectivity index (χ1) is 30.0. The first-order valence-electron chi connectivity index (χ1n) is 26.8. The van der Waals surface area contributed by atoms with Crippen LogP contribution in [0.25, 0.3) is 0 Å². The van der Waals surface area contributed by atoms with E-state index >= 15 is 0 Å². The van der Waals surface area contributed by atoms with E-state index in [4.69, 9.17) is 14.2 Å². The Morgan fingerprint density at radius 1 is 0.311 bits per heavy atom. The molecule has 6 heteroatoms. The average molecular weight is 859 g/mol. The number of esters is 3. The summed E-state index contributed by atoms with van der Waals surface area (Å²) in [4.78, 5) is 37.8. The number of unbranched alkanes of at least 4 members (excludes halogenated alkanes) is 34. The topological polar surface area (TPSA) is 78.9 Å². The summed E-state index contributed by atoms with van der Waals surface area (Å²) in [5.41, 5.74) is 0. The van der Waals surface area contributed by atoms with Gasteiger partial charge in [-0.3, -0.25) is 14.4 Å². The fraction of sp³-hybridized carbons (Fsp3) is 0.873. The van der Waals surface area contributed by atoms with Crippen LogP contribution in [-0.2, 0) is 28.6 Å². The Bertz CT molecular complexity index is 989. The molecule has 0 saturated carbocycles. The first-order valence-corrected chi connectivity index (χ1v) is 26.8. The molecule has 0 heterocycles. The van der Waals surface area contributed by atoms with Gasteiger partial charge in [0.15, 0.2) is 6.10 Å². The highest BCUT2D eigenvalue weighted by atomic mass is 16.6. The standard InChI is InChI=1S/C55H102O6/c1-4-7-10-13-16-18-20-22-24-26-28-30-31-33-35-37-39-42-45-48-54(57)60-51-52(50-59-53(56)47-44-41-15-12-9-6-3)61-55(58)49-46-43-40-38-36-34-32-29-27-25-23-21-19-17-14-11-8-5-2/h22,24-25,27,52H,4-21,23,26,28-51H2,1-3H3/b24-22-,27-25-. The van der Waals surface area contributed by atoms with E-state index in [1.807, 2.05) is 0 Å². The van der Waals surface area contributed by atoms with Crippen molar-refractivity contribution in [2.24, 2.45) is 0 Å². The van der Waals surface area contributed by atoms with Crippen LogP contribution < -0.4 is 0 Å². The molecule has 1 atom stereocenters. The van der Waals surface area contributed by atoms with Crippen molar-refractivity contribution in [3.63, 3.8) is 0 Å². The average Bonchev–Trinajstić information content (AvgIpc) is 3.26. The predicted octanol–water partition coefficient (Wildman–Crippen LogP) is 17.5.